The summed E-state index contributed by atoms with van der Waals surface area (Å²) in [5.74, 6) is -0.290. The number of amides is 1. The van der Waals surface area contributed by atoms with Gasteiger partial charge in [-0.2, -0.15) is 0 Å². The Balaban J connectivity index is 1.93. The molecule has 1 aromatic heterocycles. The molecule has 0 aromatic carbocycles. The highest BCUT2D eigenvalue weighted by atomic mass is 16.5. The maximum absolute atomic E-state index is 12.0. The zero-order valence-corrected chi connectivity index (χ0v) is 10.6. The second-order valence-electron chi connectivity index (χ2n) is 4.23. The number of hydrogen-bond acceptors (Lipinski definition) is 5. The molecule has 100 valence electrons. The minimum absolute atomic E-state index is 0.225. The van der Waals surface area contributed by atoms with Crippen molar-refractivity contribution in [2.45, 2.75) is 18.8 Å². The van der Waals surface area contributed by atoms with Crippen molar-refractivity contribution in [2.75, 3.05) is 13.7 Å². The summed E-state index contributed by atoms with van der Waals surface area (Å²) in [6.07, 6.45) is 7.93. The van der Waals surface area contributed by atoms with Gasteiger partial charge >= 0.3 is 5.97 Å². The van der Waals surface area contributed by atoms with Crippen LogP contribution in [0, 0.1) is 0 Å². The molecule has 0 spiro atoms. The Morgan fingerprint density at radius 2 is 2.32 bits per heavy atom. The zero-order chi connectivity index (χ0) is 13.7. The summed E-state index contributed by atoms with van der Waals surface area (Å²) in [4.78, 5) is 30.9. The predicted molar refractivity (Wildman–Crippen MR) is 67.5 cm³/mol. The molecule has 1 fully saturated rings. The third kappa shape index (κ3) is 3.61. The molecule has 1 heterocycles. The Labute approximate surface area is 110 Å². The molecular weight excluding hydrogens is 246 g/mol. The molecule has 2 rings (SSSR count). The fourth-order valence-electron chi connectivity index (χ4n) is 1.67. The standard InChI is InChI=1S/C13H15N3O3/c1-19-11(17)3-2-6-15-13(18)10-7-14-8-16-12(10)9-4-5-9/h2-3,7-9H,4-6H2,1H3,(H,15,18)/b3-2+. The third-order valence-electron chi connectivity index (χ3n) is 2.79. The van der Waals surface area contributed by atoms with Crippen LogP contribution in [0.1, 0.15) is 34.8 Å². The number of esters is 1. The second-order valence-corrected chi connectivity index (χ2v) is 4.23. The first-order valence-electron chi connectivity index (χ1n) is 6.05. The van der Waals surface area contributed by atoms with Crippen molar-refractivity contribution in [3.8, 4) is 0 Å². The van der Waals surface area contributed by atoms with Gasteiger partial charge in [0.1, 0.15) is 6.33 Å². The van der Waals surface area contributed by atoms with Crippen LogP contribution in [0.25, 0.3) is 0 Å². The van der Waals surface area contributed by atoms with E-state index < -0.39 is 5.97 Å². The van der Waals surface area contributed by atoms with E-state index in [1.165, 1.54) is 31.8 Å². The summed E-state index contributed by atoms with van der Waals surface area (Å²) in [5, 5.41) is 2.69. The SMILES string of the molecule is COC(=O)/C=C/CNC(=O)c1cncnc1C1CC1. The molecule has 1 saturated carbocycles. The highest BCUT2D eigenvalue weighted by Gasteiger charge is 2.29. The fourth-order valence-corrected chi connectivity index (χ4v) is 1.67. The van der Waals surface area contributed by atoms with E-state index in [0.717, 1.165) is 18.5 Å². The quantitative estimate of drug-likeness (QED) is 0.626. The van der Waals surface area contributed by atoms with Gasteiger partial charge in [-0.25, -0.2) is 14.8 Å². The van der Waals surface area contributed by atoms with Gasteiger partial charge in [-0.3, -0.25) is 4.79 Å². The van der Waals surface area contributed by atoms with Crippen LogP contribution in [0.3, 0.4) is 0 Å². The summed E-state index contributed by atoms with van der Waals surface area (Å²) in [7, 11) is 1.30. The molecule has 1 amide bonds. The topological polar surface area (TPSA) is 81.2 Å². The van der Waals surface area contributed by atoms with E-state index in [1.54, 1.807) is 0 Å². The molecule has 0 radical (unpaired) electrons. The van der Waals surface area contributed by atoms with E-state index in [1.807, 2.05) is 0 Å². The van der Waals surface area contributed by atoms with E-state index in [9.17, 15) is 9.59 Å². The van der Waals surface area contributed by atoms with Crippen LogP contribution in [-0.4, -0.2) is 35.5 Å². The Hall–Kier alpha value is -2.24. The number of rotatable bonds is 5. The van der Waals surface area contributed by atoms with Gasteiger partial charge in [0.15, 0.2) is 0 Å². The van der Waals surface area contributed by atoms with Gasteiger partial charge in [-0.15, -0.1) is 0 Å². The molecule has 0 atom stereocenters. The molecule has 19 heavy (non-hydrogen) atoms. The first-order chi connectivity index (χ1) is 9.22. The maximum Gasteiger partial charge on any atom is 0.330 e. The smallest absolute Gasteiger partial charge is 0.330 e. The lowest BCUT2D eigenvalue weighted by Gasteiger charge is -2.06. The van der Waals surface area contributed by atoms with Gasteiger partial charge in [0.05, 0.1) is 18.4 Å². The van der Waals surface area contributed by atoms with E-state index in [-0.39, 0.29) is 12.5 Å². The Morgan fingerprint density at radius 1 is 1.53 bits per heavy atom. The number of methoxy groups -OCH3 is 1. The lowest BCUT2D eigenvalue weighted by atomic mass is 10.1. The van der Waals surface area contributed by atoms with Crippen molar-refractivity contribution >= 4 is 11.9 Å². The molecule has 1 N–H and O–H groups in total. The summed E-state index contributed by atoms with van der Waals surface area (Å²) >= 11 is 0. The number of carbonyl (C=O) groups is 2. The van der Waals surface area contributed by atoms with Crippen molar-refractivity contribution in [1.29, 1.82) is 0 Å². The zero-order valence-electron chi connectivity index (χ0n) is 10.6. The van der Waals surface area contributed by atoms with Crippen molar-refractivity contribution in [3.05, 3.63) is 35.9 Å². The van der Waals surface area contributed by atoms with Crippen LogP contribution in [0.15, 0.2) is 24.7 Å². The molecule has 1 aromatic rings. The Bertz CT molecular complexity index is 510. The van der Waals surface area contributed by atoms with Crippen molar-refractivity contribution in [3.63, 3.8) is 0 Å². The summed E-state index contributed by atoms with van der Waals surface area (Å²) in [5.41, 5.74) is 1.32. The first kappa shape index (κ1) is 13.2. The Morgan fingerprint density at radius 3 is 3.00 bits per heavy atom. The van der Waals surface area contributed by atoms with Crippen molar-refractivity contribution < 1.29 is 14.3 Å². The molecular formula is C13H15N3O3. The summed E-state index contributed by atoms with van der Waals surface area (Å²) in [6, 6.07) is 0. The van der Waals surface area contributed by atoms with Crippen LogP contribution < -0.4 is 5.32 Å². The number of aromatic nitrogens is 2. The van der Waals surface area contributed by atoms with E-state index in [4.69, 9.17) is 0 Å². The number of nitrogens with one attached hydrogen (secondary N) is 1. The van der Waals surface area contributed by atoms with E-state index in [0.29, 0.717) is 11.5 Å². The Kier molecular flexibility index (Phi) is 4.22. The monoisotopic (exact) mass is 261 g/mol. The number of carbonyl (C=O) groups excluding carboxylic acids is 2. The van der Waals surface area contributed by atoms with Crippen LogP contribution in [0.2, 0.25) is 0 Å². The van der Waals surface area contributed by atoms with Gasteiger partial charge in [0, 0.05) is 24.7 Å². The predicted octanol–water partition coefficient (Wildman–Crippen LogP) is 0.813. The largest absolute Gasteiger partial charge is 0.466 e. The minimum Gasteiger partial charge on any atom is -0.466 e. The van der Waals surface area contributed by atoms with Gasteiger partial charge in [0.2, 0.25) is 0 Å². The van der Waals surface area contributed by atoms with Gasteiger partial charge in [-0.1, -0.05) is 6.08 Å². The van der Waals surface area contributed by atoms with Crippen molar-refractivity contribution in [1.82, 2.24) is 15.3 Å². The molecule has 0 saturated heterocycles. The number of nitrogens with zero attached hydrogens (tertiary/aromatic N) is 2. The van der Waals surface area contributed by atoms with E-state index in [2.05, 4.69) is 20.0 Å². The van der Waals surface area contributed by atoms with Gasteiger partial charge in [-0.05, 0) is 12.8 Å². The van der Waals surface area contributed by atoms with Crippen LogP contribution >= 0.6 is 0 Å². The van der Waals surface area contributed by atoms with E-state index >= 15 is 0 Å². The van der Waals surface area contributed by atoms with Gasteiger partial charge in [0.25, 0.3) is 5.91 Å². The molecule has 6 heteroatoms. The highest BCUT2D eigenvalue weighted by Crippen LogP contribution is 2.40. The lowest BCUT2D eigenvalue weighted by molar-refractivity contribution is -0.134. The summed E-state index contributed by atoms with van der Waals surface area (Å²) in [6.45, 7) is 0.257. The van der Waals surface area contributed by atoms with Crippen LogP contribution in [0.4, 0.5) is 0 Å². The number of ether oxygens (including phenoxy) is 1. The lowest BCUT2D eigenvalue weighted by Crippen LogP contribution is -2.25. The second kappa shape index (κ2) is 6.08. The molecule has 6 nitrogen and oxygen atoms in total. The highest BCUT2D eigenvalue weighted by molar-refractivity contribution is 5.95. The molecule has 1 aliphatic carbocycles. The van der Waals surface area contributed by atoms with Crippen LogP contribution in [-0.2, 0) is 9.53 Å². The average Bonchev–Trinajstić information content (AvgIpc) is 3.27. The first-order valence-corrected chi connectivity index (χ1v) is 6.05. The maximum atomic E-state index is 12.0. The summed E-state index contributed by atoms with van der Waals surface area (Å²) < 4.78 is 4.44. The third-order valence-corrected chi connectivity index (χ3v) is 2.79. The average molecular weight is 261 g/mol. The van der Waals surface area contributed by atoms with Crippen LogP contribution in [0.5, 0.6) is 0 Å². The minimum atomic E-state index is -0.448. The molecule has 0 aliphatic heterocycles. The van der Waals surface area contributed by atoms with Crippen molar-refractivity contribution in [2.24, 2.45) is 0 Å². The molecule has 0 bridgehead atoms. The molecule has 1 aliphatic rings. The van der Waals surface area contributed by atoms with Gasteiger partial charge < -0.3 is 10.1 Å². The normalized spacial score (nSPS) is 14.4. The number of hydrogen-bond donors (Lipinski definition) is 1. The fraction of sp³-hybridized carbons (Fsp3) is 0.385. The molecule has 0 unspecified atom stereocenters.